The van der Waals surface area contributed by atoms with Gasteiger partial charge in [0.25, 0.3) is 5.91 Å². The van der Waals surface area contributed by atoms with E-state index in [1.807, 2.05) is 0 Å². The van der Waals surface area contributed by atoms with Crippen molar-refractivity contribution >= 4 is 23.2 Å². The average Bonchev–Trinajstić information content (AvgIpc) is 3.12. The number of piperidine rings is 1. The number of carboxylic acids is 1. The molecule has 1 saturated heterocycles. The maximum absolute atomic E-state index is 12.6. The second-order valence-electron chi connectivity index (χ2n) is 6.45. The summed E-state index contributed by atoms with van der Waals surface area (Å²) in [6.45, 7) is 5.51. The van der Waals surface area contributed by atoms with Crippen LogP contribution in [-0.4, -0.2) is 49.9 Å². The van der Waals surface area contributed by atoms with E-state index in [0.29, 0.717) is 19.0 Å². The van der Waals surface area contributed by atoms with E-state index in [9.17, 15) is 9.59 Å². The Bertz CT molecular complexity index is 772. The second-order valence-corrected chi connectivity index (χ2v) is 7.34. The van der Waals surface area contributed by atoms with Gasteiger partial charge in [-0.2, -0.15) is 0 Å². The molecule has 2 aromatic heterocycles. The summed E-state index contributed by atoms with van der Waals surface area (Å²) in [4.78, 5) is 37.7. The lowest BCUT2D eigenvalue weighted by molar-refractivity contribution is 0.0677. The third-order valence-electron chi connectivity index (χ3n) is 4.28. The molecule has 3 heterocycles. The van der Waals surface area contributed by atoms with Crippen LogP contribution in [0.25, 0.3) is 0 Å². The Balaban J connectivity index is 1.71. The molecule has 1 aliphatic rings. The number of thiazole rings is 1. The number of hydrogen-bond donors (Lipinski definition) is 1. The molecule has 1 amide bonds. The minimum Gasteiger partial charge on any atom is -0.476 e. The second kappa shape index (κ2) is 7.26. The molecule has 2 aromatic rings. The van der Waals surface area contributed by atoms with Gasteiger partial charge in [0, 0.05) is 24.4 Å². The summed E-state index contributed by atoms with van der Waals surface area (Å²) in [6, 6.07) is 0. The van der Waals surface area contributed by atoms with Crippen molar-refractivity contribution < 1.29 is 14.7 Å². The van der Waals surface area contributed by atoms with Crippen molar-refractivity contribution in [3.8, 4) is 0 Å². The number of aromatic carboxylic acids is 1. The van der Waals surface area contributed by atoms with Gasteiger partial charge in [-0.3, -0.25) is 4.79 Å². The summed E-state index contributed by atoms with van der Waals surface area (Å²) in [5.41, 5.74) is 1.10. The van der Waals surface area contributed by atoms with E-state index in [1.54, 1.807) is 16.2 Å². The molecule has 1 unspecified atom stereocenters. The van der Waals surface area contributed by atoms with Gasteiger partial charge in [-0.1, -0.05) is 13.8 Å². The number of carbonyl (C=O) groups is 2. The van der Waals surface area contributed by atoms with Gasteiger partial charge in [0.05, 0.1) is 23.1 Å². The van der Waals surface area contributed by atoms with Crippen LogP contribution in [0.3, 0.4) is 0 Å². The molecule has 0 saturated carbocycles. The van der Waals surface area contributed by atoms with Crippen molar-refractivity contribution in [2.45, 2.75) is 38.5 Å². The zero-order valence-electron chi connectivity index (χ0n) is 14.2. The Morgan fingerprint density at radius 3 is 2.60 bits per heavy atom. The van der Waals surface area contributed by atoms with Gasteiger partial charge in [-0.25, -0.2) is 19.7 Å². The number of nitrogens with zero attached hydrogens (tertiary/aromatic N) is 4. The Kier molecular flexibility index (Phi) is 5.08. The highest BCUT2D eigenvalue weighted by Crippen LogP contribution is 2.31. The smallest absolute Gasteiger partial charge is 0.356 e. The quantitative estimate of drug-likeness (QED) is 0.900. The zero-order valence-corrected chi connectivity index (χ0v) is 15.0. The van der Waals surface area contributed by atoms with Crippen molar-refractivity contribution in [2.24, 2.45) is 0 Å². The summed E-state index contributed by atoms with van der Waals surface area (Å²) in [7, 11) is 0. The number of hydrogen-bond acceptors (Lipinski definition) is 6. The summed E-state index contributed by atoms with van der Waals surface area (Å²) in [5, 5.41) is 12.0. The molecule has 8 heteroatoms. The van der Waals surface area contributed by atoms with Crippen LogP contribution in [-0.2, 0) is 0 Å². The van der Waals surface area contributed by atoms with Crippen molar-refractivity contribution in [2.75, 3.05) is 13.1 Å². The first-order valence-corrected chi connectivity index (χ1v) is 9.13. The van der Waals surface area contributed by atoms with Crippen LogP contribution in [0.4, 0.5) is 0 Å². The molecular weight excluding hydrogens is 340 g/mol. The van der Waals surface area contributed by atoms with Crippen LogP contribution >= 0.6 is 11.3 Å². The van der Waals surface area contributed by atoms with Gasteiger partial charge in [0.1, 0.15) is 5.69 Å². The molecule has 0 radical (unpaired) electrons. The molecule has 0 spiro atoms. The summed E-state index contributed by atoms with van der Waals surface area (Å²) < 4.78 is 0. The SMILES string of the molecule is CC(C)c1csc(C2CCCN(C(=O)c3cnc(C(=O)O)cn3)C2)n1. The first kappa shape index (κ1) is 17.5. The zero-order chi connectivity index (χ0) is 18.0. The highest BCUT2D eigenvalue weighted by atomic mass is 32.1. The fourth-order valence-corrected chi connectivity index (χ4v) is 3.94. The number of rotatable bonds is 4. The van der Waals surface area contributed by atoms with Crippen LogP contribution in [0.1, 0.15) is 70.2 Å². The summed E-state index contributed by atoms with van der Waals surface area (Å²) >= 11 is 1.66. The average molecular weight is 360 g/mol. The highest BCUT2D eigenvalue weighted by molar-refractivity contribution is 7.09. The molecule has 0 aromatic carbocycles. The minimum atomic E-state index is -1.16. The van der Waals surface area contributed by atoms with E-state index in [2.05, 4.69) is 29.2 Å². The number of aromatic nitrogens is 3. The van der Waals surface area contributed by atoms with Crippen molar-refractivity contribution in [3.05, 3.63) is 39.9 Å². The molecule has 1 fully saturated rings. The van der Waals surface area contributed by atoms with Crippen molar-refractivity contribution in [3.63, 3.8) is 0 Å². The fourth-order valence-electron chi connectivity index (χ4n) is 2.83. The monoisotopic (exact) mass is 360 g/mol. The third kappa shape index (κ3) is 3.84. The number of carboxylic acid groups (broad SMARTS) is 1. The molecule has 3 rings (SSSR count). The van der Waals surface area contributed by atoms with Crippen LogP contribution in [0.2, 0.25) is 0 Å². The Morgan fingerprint density at radius 1 is 1.28 bits per heavy atom. The van der Waals surface area contributed by atoms with Gasteiger partial charge >= 0.3 is 5.97 Å². The van der Waals surface area contributed by atoms with Gasteiger partial charge in [0.15, 0.2) is 5.69 Å². The normalized spacial score (nSPS) is 17.7. The lowest BCUT2D eigenvalue weighted by Crippen LogP contribution is -2.39. The van der Waals surface area contributed by atoms with E-state index in [4.69, 9.17) is 10.1 Å². The standard InChI is InChI=1S/C17H20N4O3S/c1-10(2)14-9-25-15(20-14)11-4-3-5-21(8-11)16(22)12-6-19-13(7-18-12)17(23)24/h6-7,9-11H,3-5,8H2,1-2H3,(H,23,24). The topological polar surface area (TPSA) is 96.3 Å². The van der Waals surface area contributed by atoms with Crippen LogP contribution in [0.5, 0.6) is 0 Å². The Hall–Kier alpha value is -2.35. The Morgan fingerprint density at radius 2 is 2.00 bits per heavy atom. The highest BCUT2D eigenvalue weighted by Gasteiger charge is 2.28. The number of amides is 1. The van der Waals surface area contributed by atoms with Crippen molar-refractivity contribution in [1.82, 2.24) is 19.9 Å². The molecule has 0 bridgehead atoms. The van der Waals surface area contributed by atoms with Gasteiger partial charge in [-0.15, -0.1) is 11.3 Å². The molecular formula is C17H20N4O3S. The maximum atomic E-state index is 12.6. The first-order valence-electron chi connectivity index (χ1n) is 8.25. The Labute approximate surface area is 149 Å². The van der Waals surface area contributed by atoms with E-state index >= 15 is 0 Å². The van der Waals surface area contributed by atoms with E-state index < -0.39 is 5.97 Å². The van der Waals surface area contributed by atoms with Gasteiger partial charge in [0.2, 0.25) is 0 Å². The van der Waals surface area contributed by atoms with Gasteiger partial charge < -0.3 is 10.0 Å². The number of carbonyl (C=O) groups excluding carboxylic acids is 1. The summed E-state index contributed by atoms with van der Waals surface area (Å²) in [5.74, 6) is -0.736. The van der Waals surface area contributed by atoms with E-state index in [1.165, 1.54) is 6.20 Å². The molecule has 1 atom stereocenters. The molecule has 1 aliphatic heterocycles. The lowest BCUT2D eigenvalue weighted by atomic mass is 9.98. The molecule has 132 valence electrons. The lowest BCUT2D eigenvalue weighted by Gasteiger charge is -2.31. The van der Waals surface area contributed by atoms with Crippen LogP contribution < -0.4 is 0 Å². The van der Waals surface area contributed by atoms with E-state index in [-0.39, 0.29) is 23.2 Å². The van der Waals surface area contributed by atoms with Crippen LogP contribution in [0, 0.1) is 0 Å². The molecule has 1 N–H and O–H groups in total. The predicted molar refractivity (Wildman–Crippen MR) is 93.1 cm³/mol. The number of likely N-dealkylation sites (tertiary alicyclic amines) is 1. The van der Waals surface area contributed by atoms with Crippen molar-refractivity contribution in [1.29, 1.82) is 0 Å². The first-order chi connectivity index (χ1) is 12.0. The molecule has 25 heavy (non-hydrogen) atoms. The molecule has 0 aliphatic carbocycles. The minimum absolute atomic E-state index is 0.169. The maximum Gasteiger partial charge on any atom is 0.356 e. The van der Waals surface area contributed by atoms with Crippen LogP contribution in [0.15, 0.2) is 17.8 Å². The summed E-state index contributed by atoms with van der Waals surface area (Å²) in [6.07, 6.45) is 4.27. The van der Waals surface area contributed by atoms with Gasteiger partial charge in [-0.05, 0) is 18.8 Å². The third-order valence-corrected chi connectivity index (χ3v) is 5.30. The fraction of sp³-hybridized carbons (Fsp3) is 0.471. The predicted octanol–water partition coefficient (Wildman–Crippen LogP) is 2.77. The van der Waals surface area contributed by atoms with E-state index in [0.717, 1.165) is 29.7 Å². The molecule has 7 nitrogen and oxygen atoms in total. The largest absolute Gasteiger partial charge is 0.476 e.